The summed E-state index contributed by atoms with van der Waals surface area (Å²) in [7, 11) is 0. The van der Waals surface area contributed by atoms with E-state index in [1.165, 1.54) is 11.6 Å². The molecule has 148 valence electrons. The van der Waals surface area contributed by atoms with Gasteiger partial charge in [-0.15, -0.1) is 0 Å². The maximum atomic E-state index is 14.0. The number of aliphatic hydroxyl groups is 1. The van der Waals surface area contributed by atoms with Gasteiger partial charge in [0.2, 0.25) is 0 Å². The molecule has 1 aromatic heterocycles. The van der Waals surface area contributed by atoms with E-state index in [0.29, 0.717) is 12.6 Å². The van der Waals surface area contributed by atoms with Crippen molar-refractivity contribution in [1.29, 1.82) is 0 Å². The van der Waals surface area contributed by atoms with Crippen LogP contribution in [0.5, 0.6) is 0 Å². The number of fused-ring (bicyclic) bond motifs is 2. The Morgan fingerprint density at radius 1 is 1.04 bits per heavy atom. The van der Waals surface area contributed by atoms with Crippen molar-refractivity contribution in [3.63, 3.8) is 0 Å². The van der Waals surface area contributed by atoms with E-state index in [0.717, 1.165) is 51.3 Å². The molecule has 5 rings (SSSR count). The van der Waals surface area contributed by atoms with Gasteiger partial charge in [-0.25, -0.2) is 4.39 Å². The summed E-state index contributed by atoms with van der Waals surface area (Å²) in [5.74, 6) is -0.125. The number of aliphatic hydroxyl groups excluding tert-OH is 1. The van der Waals surface area contributed by atoms with Gasteiger partial charge in [0.05, 0.1) is 11.6 Å². The predicted octanol–water partition coefficient (Wildman–Crippen LogP) is 1.73. The summed E-state index contributed by atoms with van der Waals surface area (Å²) in [4.78, 5) is 11.6. The van der Waals surface area contributed by atoms with Gasteiger partial charge in [-0.05, 0) is 24.1 Å². The molecule has 1 N–H and O–H groups in total. The smallest absolute Gasteiger partial charge is 0.127 e. The van der Waals surface area contributed by atoms with Crippen molar-refractivity contribution in [3.05, 3.63) is 65.7 Å². The molecule has 28 heavy (non-hydrogen) atoms. The lowest BCUT2D eigenvalue weighted by Gasteiger charge is -2.61. The van der Waals surface area contributed by atoms with Crippen molar-refractivity contribution in [1.82, 2.24) is 19.7 Å². The largest absolute Gasteiger partial charge is 0.392 e. The Hall–Kier alpha value is -1.86. The molecule has 1 spiro atoms. The molecule has 0 bridgehead atoms. The second-order valence-electron chi connectivity index (χ2n) is 8.69. The molecule has 0 amide bonds. The molecule has 2 atom stereocenters. The molecule has 0 saturated carbocycles. The number of hydrogen-bond donors (Lipinski definition) is 1. The predicted molar refractivity (Wildman–Crippen MR) is 105 cm³/mol. The zero-order valence-electron chi connectivity index (χ0n) is 16.0. The first-order valence-corrected chi connectivity index (χ1v) is 10.1. The quantitative estimate of drug-likeness (QED) is 0.872. The highest BCUT2D eigenvalue weighted by Crippen LogP contribution is 2.39. The van der Waals surface area contributed by atoms with Crippen molar-refractivity contribution in [2.45, 2.75) is 37.2 Å². The van der Waals surface area contributed by atoms with Gasteiger partial charge in [0.1, 0.15) is 5.82 Å². The first-order chi connectivity index (χ1) is 13.6. The summed E-state index contributed by atoms with van der Waals surface area (Å²) in [6.07, 6.45) is 4.36. The SMILES string of the molecule is OC1CC2CN(Cc3cccnc3)CC3(CN(Cc4ccccc4F)C3)N2C1. The minimum absolute atomic E-state index is 0.0634. The number of pyridine rings is 1. The summed E-state index contributed by atoms with van der Waals surface area (Å²) in [6, 6.07) is 11.6. The van der Waals surface area contributed by atoms with Gasteiger partial charge in [0, 0.05) is 69.8 Å². The number of halogens is 1. The zero-order chi connectivity index (χ0) is 19.1. The summed E-state index contributed by atoms with van der Waals surface area (Å²) in [5, 5.41) is 10.3. The topological polar surface area (TPSA) is 42.8 Å². The first-order valence-electron chi connectivity index (χ1n) is 10.1. The molecular formula is C22H27FN4O. The number of rotatable bonds is 4. The summed E-state index contributed by atoms with van der Waals surface area (Å²) in [5.41, 5.74) is 2.05. The molecule has 2 unspecified atom stereocenters. The lowest BCUT2D eigenvalue weighted by Crippen LogP contribution is -2.77. The van der Waals surface area contributed by atoms with Crippen molar-refractivity contribution < 1.29 is 9.50 Å². The summed E-state index contributed by atoms with van der Waals surface area (Å²) in [6.45, 7) is 6.13. The van der Waals surface area contributed by atoms with Crippen LogP contribution < -0.4 is 0 Å². The maximum absolute atomic E-state index is 14.0. The van der Waals surface area contributed by atoms with E-state index in [9.17, 15) is 9.50 Å². The highest BCUT2D eigenvalue weighted by atomic mass is 19.1. The van der Waals surface area contributed by atoms with Crippen LogP contribution in [0.15, 0.2) is 48.8 Å². The second kappa shape index (κ2) is 7.19. The minimum Gasteiger partial charge on any atom is -0.392 e. The number of benzene rings is 1. The molecule has 3 aliphatic heterocycles. The van der Waals surface area contributed by atoms with Gasteiger partial charge in [0.25, 0.3) is 0 Å². The van der Waals surface area contributed by atoms with Gasteiger partial charge in [-0.3, -0.25) is 19.7 Å². The lowest BCUT2D eigenvalue weighted by molar-refractivity contribution is -0.118. The standard InChI is InChI=1S/C22H27FN4O/c23-21-6-2-1-5-18(21)11-26-15-22(16-26)14-25(10-17-4-3-7-24-9-17)12-19-8-20(28)13-27(19)22/h1-7,9,19-20,28H,8,10-16H2. The summed E-state index contributed by atoms with van der Waals surface area (Å²) >= 11 is 0. The van der Waals surface area contributed by atoms with E-state index in [1.54, 1.807) is 6.07 Å². The molecule has 3 fully saturated rings. The van der Waals surface area contributed by atoms with E-state index >= 15 is 0 Å². The Bertz CT molecular complexity index is 826. The van der Waals surface area contributed by atoms with Gasteiger partial charge in [0.15, 0.2) is 0 Å². The first kappa shape index (κ1) is 18.2. The van der Waals surface area contributed by atoms with E-state index in [1.807, 2.05) is 30.6 Å². The Labute approximate surface area is 165 Å². The van der Waals surface area contributed by atoms with Crippen LogP contribution in [0.3, 0.4) is 0 Å². The summed E-state index contributed by atoms with van der Waals surface area (Å²) < 4.78 is 14.0. The van der Waals surface area contributed by atoms with Gasteiger partial charge in [-0.1, -0.05) is 24.3 Å². The van der Waals surface area contributed by atoms with Crippen LogP contribution in [-0.2, 0) is 13.1 Å². The molecule has 1 aromatic carbocycles. The molecule has 0 radical (unpaired) electrons. The fourth-order valence-electron chi connectivity index (χ4n) is 5.43. The Balaban J connectivity index is 1.30. The monoisotopic (exact) mass is 382 g/mol. The van der Waals surface area contributed by atoms with E-state index in [2.05, 4.69) is 25.8 Å². The lowest BCUT2D eigenvalue weighted by atomic mass is 9.83. The fourth-order valence-corrected chi connectivity index (χ4v) is 5.43. The van der Waals surface area contributed by atoms with Gasteiger partial charge in [-0.2, -0.15) is 0 Å². The van der Waals surface area contributed by atoms with E-state index < -0.39 is 0 Å². The molecule has 3 saturated heterocycles. The van der Waals surface area contributed by atoms with Crippen LogP contribution in [0.25, 0.3) is 0 Å². The number of aromatic nitrogens is 1. The van der Waals surface area contributed by atoms with E-state index in [-0.39, 0.29) is 17.5 Å². The number of β-amino-alcohol motifs (C(OH)–C–C–N with tert-alkyl or cyclic N) is 1. The van der Waals surface area contributed by atoms with Crippen molar-refractivity contribution in [2.75, 3.05) is 32.7 Å². The average Bonchev–Trinajstić information content (AvgIpc) is 3.03. The molecular weight excluding hydrogens is 355 g/mol. The maximum Gasteiger partial charge on any atom is 0.127 e. The van der Waals surface area contributed by atoms with Crippen LogP contribution >= 0.6 is 0 Å². The third kappa shape index (κ3) is 3.35. The van der Waals surface area contributed by atoms with Crippen molar-refractivity contribution in [2.24, 2.45) is 0 Å². The molecule has 2 aromatic rings. The highest BCUT2D eigenvalue weighted by Gasteiger charge is 2.55. The Morgan fingerprint density at radius 3 is 2.64 bits per heavy atom. The van der Waals surface area contributed by atoms with Crippen molar-refractivity contribution in [3.8, 4) is 0 Å². The third-order valence-corrected chi connectivity index (χ3v) is 6.51. The normalized spacial score (nSPS) is 27.6. The highest BCUT2D eigenvalue weighted by molar-refractivity contribution is 5.20. The van der Waals surface area contributed by atoms with Crippen LogP contribution in [0.1, 0.15) is 17.5 Å². The van der Waals surface area contributed by atoms with Gasteiger partial charge < -0.3 is 5.11 Å². The number of nitrogens with zero attached hydrogens (tertiary/aromatic N) is 4. The second-order valence-corrected chi connectivity index (χ2v) is 8.69. The third-order valence-electron chi connectivity index (χ3n) is 6.51. The number of piperazine rings is 1. The molecule has 5 nitrogen and oxygen atoms in total. The van der Waals surface area contributed by atoms with Crippen molar-refractivity contribution >= 4 is 0 Å². The van der Waals surface area contributed by atoms with Crippen LogP contribution in [0.4, 0.5) is 4.39 Å². The number of likely N-dealkylation sites (tertiary alicyclic amines) is 1. The van der Waals surface area contributed by atoms with E-state index in [4.69, 9.17) is 0 Å². The number of hydrogen-bond acceptors (Lipinski definition) is 5. The Morgan fingerprint density at radius 2 is 1.86 bits per heavy atom. The van der Waals surface area contributed by atoms with Crippen LogP contribution in [-0.4, -0.2) is 75.2 Å². The van der Waals surface area contributed by atoms with Crippen LogP contribution in [0, 0.1) is 5.82 Å². The van der Waals surface area contributed by atoms with Crippen LogP contribution in [0.2, 0.25) is 0 Å². The zero-order valence-corrected chi connectivity index (χ0v) is 16.0. The Kier molecular flexibility index (Phi) is 4.67. The molecule has 3 aliphatic rings. The minimum atomic E-state index is -0.235. The fraction of sp³-hybridized carbons (Fsp3) is 0.500. The molecule has 4 heterocycles. The molecule has 0 aliphatic carbocycles. The molecule has 6 heteroatoms. The average molecular weight is 382 g/mol. The van der Waals surface area contributed by atoms with Gasteiger partial charge >= 0.3 is 0 Å².